The van der Waals surface area contributed by atoms with E-state index in [4.69, 9.17) is 0 Å². The first kappa shape index (κ1) is 18.1. The van der Waals surface area contributed by atoms with Gasteiger partial charge in [0, 0.05) is 62.7 Å². The number of aromatic nitrogens is 1. The van der Waals surface area contributed by atoms with Crippen molar-refractivity contribution in [3.05, 3.63) is 21.4 Å². The number of allylic oxidation sites excluding steroid dienone is 1. The van der Waals surface area contributed by atoms with Gasteiger partial charge in [0.05, 0.1) is 18.1 Å². The van der Waals surface area contributed by atoms with Gasteiger partial charge in [0.15, 0.2) is 0 Å². The molecule has 26 heavy (non-hydrogen) atoms. The number of rotatable bonds is 4. The summed E-state index contributed by atoms with van der Waals surface area (Å²) in [6, 6.07) is 0.773. The summed E-state index contributed by atoms with van der Waals surface area (Å²) in [5.41, 5.74) is 1.07. The van der Waals surface area contributed by atoms with Crippen LogP contribution in [0.4, 0.5) is 4.39 Å². The summed E-state index contributed by atoms with van der Waals surface area (Å²) in [6.45, 7) is 7.28. The molecule has 2 aliphatic heterocycles. The summed E-state index contributed by atoms with van der Waals surface area (Å²) in [5.74, 6) is 0.0233. The van der Waals surface area contributed by atoms with Gasteiger partial charge < -0.3 is 4.90 Å². The smallest absolute Gasteiger partial charge is 0.236 e. The molecule has 0 spiro atoms. The van der Waals surface area contributed by atoms with E-state index < -0.39 is 0 Å². The monoisotopic (exact) mass is 378 g/mol. The zero-order valence-corrected chi connectivity index (χ0v) is 16.2. The van der Waals surface area contributed by atoms with Gasteiger partial charge in [0.2, 0.25) is 5.91 Å². The van der Waals surface area contributed by atoms with Crippen LogP contribution in [-0.2, 0) is 17.8 Å². The summed E-state index contributed by atoms with van der Waals surface area (Å²) in [6.07, 6.45) is 6.35. The zero-order valence-electron chi connectivity index (χ0n) is 15.4. The van der Waals surface area contributed by atoms with Crippen LogP contribution < -0.4 is 0 Å². The number of halogens is 1. The SMILES string of the molecule is C/C(F)=C/c1nc2c(s1)CN(CC(=O)N1CCN(C3CCC3)CC1)CC2. The maximum absolute atomic E-state index is 13.1. The van der Waals surface area contributed by atoms with Crippen molar-refractivity contribution in [3.8, 4) is 0 Å². The highest BCUT2D eigenvalue weighted by Crippen LogP contribution is 2.27. The highest BCUT2D eigenvalue weighted by molar-refractivity contribution is 7.12. The van der Waals surface area contributed by atoms with Gasteiger partial charge in [-0.25, -0.2) is 9.37 Å². The van der Waals surface area contributed by atoms with Crippen LogP contribution in [0.15, 0.2) is 5.83 Å². The van der Waals surface area contributed by atoms with Crippen molar-refractivity contribution < 1.29 is 9.18 Å². The average molecular weight is 379 g/mol. The molecule has 3 aliphatic rings. The van der Waals surface area contributed by atoms with Gasteiger partial charge in [0.25, 0.3) is 0 Å². The van der Waals surface area contributed by atoms with Crippen LogP contribution in [0.25, 0.3) is 6.08 Å². The molecule has 0 bridgehead atoms. The zero-order chi connectivity index (χ0) is 18.1. The first-order chi connectivity index (χ1) is 12.6. The Morgan fingerprint density at radius 3 is 2.69 bits per heavy atom. The van der Waals surface area contributed by atoms with E-state index in [2.05, 4.69) is 14.8 Å². The molecule has 1 aliphatic carbocycles. The Bertz CT molecular complexity index is 688. The first-order valence-corrected chi connectivity index (χ1v) is 10.5. The van der Waals surface area contributed by atoms with Crippen LogP contribution in [0.2, 0.25) is 0 Å². The second kappa shape index (κ2) is 7.74. The fraction of sp³-hybridized carbons (Fsp3) is 0.684. The quantitative estimate of drug-likeness (QED) is 0.807. The van der Waals surface area contributed by atoms with E-state index in [-0.39, 0.29) is 11.7 Å². The molecule has 1 saturated heterocycles. The van der Waals surface area contributed by atoms with Crippen LogP contribution in [0.1, 0.15) is 41.8 Å². The Hall–Kier alpha value is -1.31. The fourth-order valence-electron chi connectivity index (χ4n) is 4.01. The standard InChI is InChI=1S/C19H27FN4OS/c1-14(20)11-18-21-16-5-6-22(12-17(16)26-18)13-19(25)24-9-7-23(8-10-24)15-3-2-4-15/h11,15H,2-10,12-13H2,1H3/b14-11-. The highest BCUT2D eigenvalue weighted by Gasteiger charge is 2.30. The molecule has 1 amide bonds. The molecule has 5 nitrogen and oxygen atoms in total. The summed E-state index contributed by atoms with van der Waals surface area (Å²) >= 11 is 1.54. The Morgan fingerprint density at radius 2 is 2.04 bits per heavy atom. The maximum atomic E-state index is 13.1. The Balaban J connectivity index is 1.29. The minimum absolute atomic E-state index is 0.218. The Labute approximate surface area is 158 Å². The fourth-order valence-corrected chi connectivity index (χ4v) is 5.16. The first-order valence-electron chi connectivity index (χ1n) is 9.65. The van der Waals surface area contributed by atoms with Crippen LogP contribution in [0.3, 0.4) is 0 Å². The number of amides is 1. The average Bonchev–Trinajstić information content (AvgIpc) is 2.94. The lowest BCUT2D eigenvalue weighted by atomic mass is 9.91. The molecular formula is C19H27FN4OS. The Kier molecular flexibility index (Phi) is 5.38. The molecule has 0 unspecified atom stereocenters. The van der Waals surface area contributed by atoms with Gasteiger partial charge in [-0.2, -0.15) is 0 Å². The third-order valence-electron chi connectivity index (χ3n) is 5.77. The molecule has 0 N–H and O–H groups in total. The lowest BCUT2D eigenvalue weighted by Gasteiger charge is -2.43. The van der Waals surface area contributed by atoms with Gasteiger partial charge >= 0.3 is 0 Å². The lowest BCUT2D eigenvalue weighted by Crippen LogP contribution is -2.55. The largest absolute Gasteiger partial charge is 0.339 e. The summed E-state index contributed by atoms with van der Waals surface area (Å²) in [4.78, 5) is 25.1. The summed E-state index contributed by atoms with van der Waals surface area (Å²) in [7, 11) is 0. The van der Waals surface area contributed by atoms with Gasteiger partial charge in [0.1, 0.15) is 5.01 Å². The van der Waals surface area contributed by atoms with E-state index in [1.165, 1.54) is 37.1 Å². The number of fused-ring (bicyclic) bond motifs is 1. The number of piperazine rings is 1. The molecule has 0 radical (unpaired) electrons. The van der Waals surface area contributed by atoms with E-state index in [9.17, 15) is 9.18 Å². The van der Waals surface area contributed by atoms with E-state index >= 15 is 0 Å². The molecule has 3 heterocycles. The molecule has 4 rings (SSSR count). The minimum Gasteiger partial charge on any atom is -0.339 e. The Morgan fingerprint density at radius 1 is 1.27 bits per heavy atom. The molecule has 2 fully saturated rings. The van der Waals surface area contributed by atoms with Crippen molar-refractivity contribution in [2.24, 2.45) is 0 Å². The van der Waals surface area contributed by atoms with E-state index in [0.29, 0.717) is 6.54 Å². The van der Waals surface area contributed by atoms with Crippen molar-refractivity contribution in [3.63, 3.8) is 0 Å². The second-order valence-corrected chi connectivity index (χ2v) is 8.73. The van der Waals surface area contributed by atoms with E-state index in [1.54, 1.807) is 11.3 Å². The second-order valence-electron chi connectivity index (χ2n) is 7.62. The third-order valence-corrected chi connectivity index (χ3v) is 6.80. The lowest BCUT2D eigenvalue weighted by molar-refractivity contribution is -0.135. The molecule has 142 valence electrons. The number of nitrogens with zero attached hydrogens (tertiary/aromatic N) is 4. The number of carbonyl (C=O) groups excluding carboxylic acids is 1. The van der Waals surface area contributed by atoms with Crippen LogP contribution >= 0.6 is 11.3 Å². The maximum Gasteiger partial charge on any atom is 0.236 e. The minimum atomic E-state index is -0.218. The molecule has 1 aromatic rings. The molecule has 7 heteroatoms. The predicted molar refractivity (Wildman–Crippen MR) is 102 cm³/mol. The van der Waals surface area contributed by atoms with Crippen molar-refractivity contribution in [1.82, 2.24) is 19.7 Å². The van der Waals surface area contributed by atoms with E-state index in [1.807, 2.05) is 4.90 Å². The molecule has 1 saturated carbocycles. The number of thiazole rings is 1. The van der Waals surface area contributed by atoms with Crippen LogP contribution in [0, 0.1) is 0 Å². The van der Waals surface area contributed by atoms with Gasteiger partial charge in [-0.3, -0.25) is 14.6 Å². The number of hydrogen-bond acceptors (Lipinski definition) is 5. The topological polar surface area (TPSA) is 39.7 Å². The highest BCUT2D eigenvalue weighted by atomic mass is 32.1. The molecule has 0 atom stereocenters. The van der Waals surface area contributed by atoms with E-state index in [0.717, 1.165) is 62.4 Å². The van der Waals surface area contributed by atoms with Crippen LogP contribution in [0.5, 0.6) is 0 Å². The number of carbonyl (C=O) groups is 1. The van der Waals surface area contributed by atoms with Crippen molar-refractivity contribution >= 4 is 23.3 Å². The van der Waals surface area contributed by atoms with Crippen LogP contribution in [-0.4, -0.2) is 70.9 Å². The number of hydrogen-bond donors (Lipinski definition) is 0. The molecule has 0 aromatic carbocycles. The third kappa shape index (κ3) is 4.00. The molecule has 1 aromatic heterocycles. The molecular weight excluding hydrogens is 351 g/mol. The van der Waals surface area contributed by atoms with Crippen molar-refractivity contribution in [1.29, 1.82) is 0 Å². The normalized spacial score (nSPS) is 23.0. The van der Waals surface area contributed by atoms with Gasteiger partial charge in [-0.1, -0.05) is 6.42 Å². The summed E-state index contributed by atoms with van der Waals surface area (Å²) in [5, 5.41) is 0.732. The summed E-state index contributed by atoms with van der Waals surface area (Å²) < 4.78 is 13.1. The van der Waals surface area contributed by atoms with Crippen molar-refractivity contribution in [2.75, 3.05) is 39.3 Å². The van der Waals surface area contributed by atoms with Crippen molar-refractivity contribution in [2.45, 2.75) is 45.2 Å². The van der Waals surface area contributed by atoms with Gasteiger partial charge in [-0.05, 0) is 19.8 Å². The van der Waals surface area contributed by atoms with Gasteiger partial charge in [-0.15, -0.1) is 11.3 Å². The predicted octanol–water partition coefficient (Wildman–Crippen LogP) is 2.53.